The molecule has 0 bridgehead atoms. The first-order valence-electron chi connectivity index (χ1n) is 6.25. The lowest BCUT2D eigenvalue weighted by Gasteiger charge is -2.20. The van der Waals surface area contributed by atoms with Crippen molar-refractivity contribution in [1.29, 1.82) is 0 Å². The first kappa shape index (κ1) is 10.6. The Hall–Kier alpha value is -2.36. The minimum Gasteiger partial charge on any atom is -0.477 e. The monoisotopic (exact) mass is 251 g/mol. The topological polar surface area (TPSA) is 43.7 Å². The second kappa shape index (κ2) is 4.09. The van der Waals surface area contributed by atoms with E-state index in [0.717, 1.165) is 34.7 Å². The molecule has 0 amide bonds. The molecule has 1 unspecified atom stereocenters. The number of rotatable bonds is 1. The van der Waals surface area contributed by atoms with Gasteiger partial charge < -0.3 is 9.57 Å². The van der Waals surface area contributed by atoms with Gasteiger partial charge in [0, 0.05) is 23.7 Å². The maximum absolute atomic E-state index is 5.52. The molecule has 0 saturated carbocycles. The highest BCUT2D eigenvalue weighted by atomic mass is 16.6. The Morgan fingerprint density at radius 3 is 3.11 bits per heavy atom. The summed E-state index contributed by atoms with van der Waals surface area (Å²) in [5, 5.41) is 3.89. The zero-order valence-electron chi connectivity index (χ0n) is 10.2. The third kappa shape index (κ3) is 1.60. The van der Waals surface area contributed by atoms with Gasteiger partial charge in [-0.05, 0) is 17.7 Å². The lowest BCUT2D eigenvalue weighted by molar-refractivity contribution is 0.331. The van der Waals surface area contributed by atoms with E-state index in [4.69, 9.17) is 9.57 Å². The van der Waals surface area contributed by atoms with E-state index < -0.39 is 0 Å². The molecule has 1 aromatic heterocycles. The van der Waals surface area contributed by atoms with Gasteiger partial charge in [0.25, 0.3) is 0 Å². The summed E-state index contributed by atoms with van der Waals surface area (Å²) in [6, 6.07) is 9.93. The highest BCUT2D eigenvalue weighted by Gasteiger charge is 2.27. The van der Waals surface area contributed by atoms with Crippen LogP contribution in [0.1, 0.15) is 22.6 Å². The predicted molar refractivity (Wildman–Crippen MR) is 69.8 cm³/mol. The van der Waals surface area contributed by atoms with E-state index in [0.29, 0.717) is 6.61 Å². The fourth-order valence-corrected chi connectivity index (χ4v) is 2.62. The molecule has 2 aromatic rings. The van der Waals surface area contributed by atoms with Crippen LogP contribution in [0.15, 0.2) is 41.7 Å². The number of fused-ring (bicyclic) bond motifs is 2. The molecule has 2 aliphatic heterocycles. The van der Waals surface area contributed by atoms with Gasteiger partial charge in [-0.25, -0.2) is 4.98 Å². The molecular formula is C15H11N2O2. The Bertz CT molecular complexity index is 667. The minimum absolute atomic E-state index is 0.0107. The quantitative estimate of drug-likeness (QED) is 0.781. The van der Waals surface area contributed by atoms with Gasteiger partial charge in [-0.15, -0.1) is 0 Å². The third-order valence-electron chi connectivity index (χ3n) is 3.51. The highest BCUT2D eigenvalue weighted by Crippen LogP contribution is 2.38. The summed E-state index contributed by atoms with van der Waals surface area (Å²) in [7, 11) is 0. The highest BCUT2D eigenvalue weighted by molar-refractivity contribution is 5.76. The fourth-order valence-electron chi connectivity index (χ4n) is 2.62. The van der Waals surface area contributed by atoms with E-state index in [-0.39, 0.29) is 5.92 Å². The molecule has 1 radical (unpaired) electrons. The summed E-state index contributed by atoms with van der Waals surface area (Å²) in [5.74, 6) is 1.52. The summed E-state index contributed by atoms with van der Waals surface area (Å²) in [6.45, 7) is 0.696. The normalized spacial score (nSPS) is 19.3. The average Bonchev–Trinajstić information content (AvgIpc) is 2.95. The SMILES string of the molecule is [C]1=NOc2ccccc2C1c1ccnc2c1CCO2. The number of hydrogen-bond donors (Lipinski definition) is 0. The Labute approximate surface area is 110 Å². The minimum atomic E-state index is -0.0107. The first-order valence-corrected chi connectivity index (χ1v) is 6.25. The summed E-state index contributed by atoms with van der Waals surface area (Å²) >= 11 is 0. The van der Waals surface area contributed by atoms with Crippen molar-refractivity contribution in [2.24, 2.45) is 5.16 Å². The molecule has 4 nitrogen and oxygen atoms in total. The van der Waals surface area contributed by atoms with E-state index in [9.17, 15) is 0 Å². The van der Waals surface area contributed by atoms with Crippen molar-refractivity contribution in [3.8, 4) is 11.6 Å². The van der Waals surface area contributed by atoms with Gasteiger partial charge in [0.05, 0.1) is 12.5 Å². The molecular weight excluding hydrogens is 240 g/mol. The van der Waals surface area contributed by atoms with Gasteiger partial charge in [-0.3, -0.25) is 0 Å². The molecule has 3 heterocycles. The summed E-state index contributed by atoms with van der Waals surface area (Å²) < 4.78 is 5.52. The van der Waals surface area contributed by atoms with Crippen LogP contribution in [-0.4, -0.2) is 17.8 Å². The molecule has 0 aliphatic carbocycles. The van der Waals surface area contributed by atoms with Crippen molar-refractivity contribution in [3.05, 3.63) is 53.2 Å². The van der Waals surface area contributed by atoms with Crippen molar-refractivity contribution in [3.63, 3.8) is 0 Å². The summed E-state index contributed by atoms with van der Waals surface area (Å²) in [5.41, 5.74) is 3.40. The van der Waals surface area contributed by atoms with Gasteiger partial charge >= 0.3 is 0 Å². The van der Waals surface area contributed by atoms with Gasteiger partial charge in [0.1, 0.15) is 6.21 Å². The lowest BCUT2D eigenvalue weighted by Crippen LogP contribution is -2.11. The molecule has 1 aromatic carbocycles. The van der Waals surface area contributed by atoms with Crippen LogP contribution in [0.25, 0.3) is 0 Å². The van der Waals surface area contributed by atoms with Crippen LogP contribution >= 0.6 is 0 Å². The number of pyridine rings is 1. The molecule has 2 aliphatic rings. The number of para-hydroxylation sites is 1. The number of benzene rings is 1. The average molecular weight is 251 g/mol. The van der Waals surface area contributed by atoms with Gasteiger partial charge in [0.2, 0.25) is 5.88 Å². The summed E-state index contributed by atoms with van der Waals surface area (Å²) in [6.07, 6.45) is 5.71. The van der Waals surface area contributed by atoms with E-state index in [1.165, 1.54) is 0 Å². The van der Waals surface area contributed by atoms with Gasteiger partial charge in [-0.1, -0.05) is 23.4 Å². The maximum Gasteiger partial charge on any atom is 0.216 e. The zero-order chi connectivity index (χ0) is 12.7. The van der Waals surface area contributed by atoms with Crippen LogP contribution in [0, 0.1) is 0 Å². The second-order valence-electron chi connectivity index (χ2n) is 4.56. The van der Waals surface area contributed by atoms with Crippen molar-refractivity contribution < 1.29 is 9.57 Å². The molecule has 4 heteroatoms. The van der Waals surface area contributed by atoms with Crippen molar-refractivity contribution in [2.75, 3.05) is 6.61 Å². The molecule has 1 atom stereocenters. The molecule has 0 saturated heterocycles. The van der Waals surface area contributed by atoms with Crippen LogP contribution in [0.4, 0.5) is 0 Å². The lowest BCUT2D eigenvalue weighted by atomic mass is 9.88. The van der Waals surface area contributed by atoms with Gasteiger partial charge in [0.15, 0.2) is 5.75 Å². The molecule has 0 fully saturated rings. The van der Waals surface area contributed by atoms with Crippen LogP contribution in [0.5, 0.6) is 11.6 Å². The van der Waals surface area contributed by atoms with E-state index in [1.54, 1.807) is 6.20 Å². The predicted octanol–water partition coefficient (Wildman–Crippen LogP) is 2.40. The summed E-state index contributed by atoms with van der Waals surface area (Å²) in [4.78, 5) is 9.52. The van der Waals surface area contributed by atoms with Gasteiger partial charge in [-0.2, -0.15) is 0 Å². The first-order chi connectivity index (χ1) is 9.43. The van der Waals surface area contributed by atoms with Crippen LogP contribution in [-0.2, 0) is 6.42 Å². The largest absolute Gasteiger partial charge is 0.477 e. The number of nitrogens with zero attached hydrogens (tertiary/aromatic N) is 2. The van der Waals surface area contributed by atoms with Crippen molar-refractivity contribution in [2.45, 2.75) is 12.3 Å². The van der Waals surface area contributed by atoms with Crippen LogP contribution < -0.4 is 9.57 Å². The maximum atomic E-state index is 5.52. The number of aromatic nitrogens is 1. The molecule has 0 spiro atoms. The smallest absolute Gasteiger partial charge is 0.216 e. The Morgan fingerprint density at radius 2 is 2.11 bits per heavy atom. The Kier molecular flexibility index (Phi) is 2.27. The fraction of sp³-hybridized carbons (Fsp3) is 0.200. The van der Waals surface area contributed by atoms with E-state index in [1.807, 2.05) is 30.3 Å². The van der Waals surface area contributed by atoms with Crippen molar-refractivity contribution in [1.82, 2.24) is 4.98 Å². The van der Waals surface area contributed by atoms with Crippen LogP contribution in [0.2, 0.25) is 0 Å². The molecule has 93 valence electrons. The Morgan fingerprint density at radius 1 is 1.16 bits per heavy atom. The molecule has 19 heavy (non-hydrogen) atoms. The third-order valence-corrected chi connectivity index (χ3v) is 3.51. The second-order valence-corrected chi connectivity index (χ2v) is 4.56. The van der Waals surface area contributed by atoms with Crippen molar-refractivity contribution >= 4 is 6.21 Å². The molecule has 0 N–H and O–H groups in total. The number of hydrogen-bond acceptors (Lipinski definition) is 4. The van der Waals surface area contributed by atoms with Crippen LogP contribution in [0.3, 0.4) is 0 Å². The van der Waals surface area contributed by atoms with E-state index in [2.05, 4.69) is 16.4 Å². The number of ether oxygens (including phenoxy) is 1. The standard InChI is InChI=1S/C15H11N2O2/c1-2-4-14-11(3-1)13(9-17-19-14)10-5-7-16-15-12(10)6-8-18-15/h1-5,7,13H,6,8H2. The van der Waals surface area contributed by atoms with E-state index >= 15 is 0 Å². The Balaban J connectivity index is 1.87. The zero-order valence-corrected chi connectivity index (χ0v) is 10.2. The molecule has 4 rings (SSSR count).